The zero-order valence-corrected chi connectivity index (χ0v) is 18.7. The molecule has 8 heteroatoms. The molecule has 0 aliphatic rings. The van der Waals surface area contributed by atoms with Gasteiger partial charge < -0.3 is 14.4 Å². The van der Waals surface area contributed by atoms with E-state index in [1.165, 1.54) is 6.07 Å². The van der Waals surface area contributed by atoms with E-state index in [1.54, 1.807) is 42.2 Å². The number of hydrogen-bond donors (Lipinski definition) is 1. The Morgan fingerprint density at radius 2 is 1.90 bits per heavy atom. The van der Waals surface area contributed by atoms with E-state index in [9.17, 15) is 13.2 Å². The predicted molar refractivity (Wildman–Crippen MR) is 115 cm³/mol. The molecule has 2 aromatic rings. The second-order valence-electron chi connectivity index (χ2n) is 6.79. The normalized spacial score (nSPS) is 12.3. The number of aryl methyl sites for hydroxylation is 1. The highest BCUT2D eigenvalue weighted by atomic mass is 35.5. The van der Waals surface area contributed by atoms with Crippen molar-refractivity contribution in [2.24, 2.45) is 0 Å². The number of carbonyl (C=O) groups excluding carboxylic acids is 1. The highest BCUT2D eigenvalue weighted by molar-refractivity contribution is 7.87. The van der Waals surface area contributed by atoms with Gasteiger partial charge in [-0.3, -0.25) is 0 Å². The SMILES string of the molecule is CCNC(=O)N(Cc1cccc(OS(=O)(=O)c2c(C)cccc2Cl)c1)C(C)CC. The molecule has 0 radical (unpaired) electrons. The van der Waals surface area contributed by atoms with Gasteiger partial charge in [-0.2, -0.15) is 8.42 Å². The van der Waals surface area contributed by atoms with Crippen LogP contribution in [0, 0.1) is 6.92 Å². The first kappa shape index (κ1) is 23.0. The lowest BCUT2D eigenvalue weighted by atomic mass is 10.1. The third-order valence-corrected chi connectivity index (χ3v) is 6.46. The van der Waals surface area contributed by atoms with E-state index < -0.39 is 10.1 Å². The summed E-state index contributed by atoms with van der Waals surface area (Å²) in [5.74, 6) is 0.168. The van der Waals surface area contributed by atoms with Crippen LogP contribution in [0.5, 0.6) is 5.75 Å². The molecule has 0 aromatic heterocycles. The average Bonchev–Trinajstić information content (AvgIpc) is 2.65. The van der Waals surface area contributed by atoms with Crippen molar-refractivity contribution in [3.05, 3.63) is 58.6 Å². The summed E-state index contributed by atoms with van der Waals surface area (Å²) in [7, 11) is -4.09. The van der Waals surface area contributed by atoms with Crippen LogP contribution in [0.2, 0.25) is 5.02 Å². The van der Waals surface area contributed by atoms with Gasteiger partial charge in [0.05, 0.1) is 5.02 Å². The van der Waals surface area contributed by atoms with Crippen LogP contribution in [-0.2, 0) is 16.7 Å². The average molecular weight is 439 g/mol. The molecule has 158 valence electrons. The molecule has 0 spiro atoms. The Morgan fingerprint density at radius 3 is 2.52 bits per heavy atom. The molecule has 0 bridgehead atoms. The molecular weight excluding hydrogens is 412 g/mol. The van der Waals surface area contributed by atoms with E-state index in [0.29, 0.717) is 18.7 Å². The molecule has 0 saturated heterocycles. The molecule has 6 nitrogen and oxygen atoms in total. The Hall–Kier alpha value is -2.25. The number of nitrogens with one attached hydrogen (secondary N) is 1. The molecule has 1 unspecified atom stereocenters. The van der Waals surface area contributed by atoms with Gasteiger partial charge in [-0.05, 0) is 56.5 Å². The van der Waals surface area contributed by atoms with Gasteiger partial charge in [0.2, 0.25) is 0 Å². The van der Waals surface area contributed by atoms with Crippen LogP contribution >= 0.6 is 11.6 Å². The lowest BCUT2D eigenvalue weighted by molar-refractivity contribution is 0.174. The number of halogens is 1. The Labute approximate surface area is 177 Å². The topological polar surface area (TPSA) is 75.7 Å². The van der Waals surface area contributed by atoms with Crippen molar-refractivity contribution in [2.75, 3.05) is 6.54 Å². The van der Waals surface area contributed by atoms with Crippen LogP contribution in [0.4, 0.5) is 4.79 Å². The first-order valence-electron chi connectivity index (χ1n) is 9.52. The minimum absolute atomic E-state index is 0.0284. The number of carbonyl (C=O) groups is 1. The Kier molecular flexibility index (Phi) is 7.93. The van der Waals surface area contributed by atoms with E-state index >= 15 is 0 Å². The van der Waals surface area contributed by atoms with Gasteiger partial charge in [-0.1, -0.05) is 42.8 Å². The Bertz CT molecular complexity index is 943. The van der Waals surface area contributed by atoms with Crippen molar-refractivity contribution in [3.8, 4) is 5.75 Å². The molecule has 2 aromatic carbocycles. The summed E-state index contributed by atoms with van der Waals surface area (Å²) in [6.45, 7) is 8.38. The van der Waals surface area contributed by atoms with Crippen LogP contribution in [0.3, 0.4) is 0 Å². The van der Waals surface area contributed by atoms with Crippen molar-refractivity contribution in [3.63, 3.8) is 0 Å². The van der Waals surface area contributed by atoms with E-state index in [0.717, 1.165) is 12.0 Å². The van der Waals surface area contributed by atoms with Gasteiger partial charge in [0.25, 0.3) is 0 Å². The van der Waals surface area contributed by atoms with Crippen molar-refractivity contribution in [1.29, 1.82) is 0 Å². The molecule has 1 N–H and O–H groups in total. The second kappa shape index (κ2) is 9.98. The number of nitrogens with zero attached hydrogens (tertiary/aromatic N) is 1. The van der Waals surface area contributed by atoms with Gasteiger partial charge >= 0.3 is 16.1 Å². The summed E-state index contributed by atoms with van der Waals surface area (Å²) in [6.07, 6.45) is 0.799. The molecule has 0 fully saturated rings. The predicted octanol–water partition coefficient (Wildman–Crippen LogP) is 4.75. The van der Waals surface area contributed by atoms with E-state index in [2.05, 4.69) is 5.32 Å². The monoisotopic (exact) mass is 438 g/mol. The maximum absolute atomic E-state index is 12.7. The standard InChI is InChI=1S/C21H27ClN2O4S/c1-5-16(4)24(21(25)23-6-2)14-17-10-8-11-18(13-17)28-29(26,27)20-15(3)9-7-12-19(20)22/h7-13,16H,5-6,14H2,1-4H3,(H,23,25). The minimum atomic E-state index is -4.09. The quantitative estimate of drug-likeness (QED) is 0.603. The smallest absolute Gasteiger partial charge is 0.340 e. The number of rotatable bonds is 8. The van der Waals surface area contributed by atoms with Crippen LogP contribution in [0.25, 0.3) is 0 Å². The lowest BCUT2D eigenvalue weighted by Crippen LogP contribution is -2.44. The third-order valence-electron chi connectivity index (χ3n) is 4.58. The molecule has 0 aliphatic carbocycles. The van der Waals surface area contributed by atoms with Crippen molar-refractivity contribution in [1.82, 2.24) is 10.2 Å². The first-order valence-corrected chi connectivity index (χ1v) is 11.3. The molecule has 1 atom stereocenters. The van der Waals surface area contributed by atoms with Gasteiger partial charge in [-0.15, -0.1) is 0 Å². The van der Waals surface area contributed by atoms with Crippen molar-refractivity contribution < 1.29 is 17.4 Å². The minimum Gasteiger partial charge on any atom is -0.379 e. The van der Waals surface area contributed by atoms with Gasteiger partial charge in [0.15, 0.2) is 0 Å². The molecule has 29 heavy (non-hydrogen) atoms. The van der Waals surface area contributed by atoms with Gasteiger partial charge in [0.1, 0.15) is 10.6 Å². The molecule has 2 rings (SSSR count). The van der Waals surface area contributed by atoms with Crippen LogP contribution < -0.4 is 9.50 Å². The summed E-state index contributed by atoms with van der Waals surface area (Å²) in [4.78, 5) is 14.1. The van der Waals surface area contributed by atoms with Crippen molar-refractivity contribution >= 4 is 27.8 Å². The first-order chi connectivity index (χ1) is 13.7. The number of benzene rings is 2. The number of urea groups is 1. The molecule has 0 aliphatic heterocycles. The summed E-state index contributed by atoms with van der Waals surface area (Å²) >= 11 is 6.09. The Morgan fingerprint density at radius 1 is 1.21 bits per heavy atom. The fourth-order valence-electron chi connectivity index (χ4n) is 2.89. The summed E-state index contributed by atoms with van der Waals surface area (Å²) in [5.41, 5.74) is 1.27. The molecular formula is C21H27ClN2O4S. The third kappa shape index (κ3) is 5.87. The van der Waals surface area contributed by atoms with E-state index in [-0.39, 0.29) is 27.7 Å². The van der Waals surface area contributed by atoms with Crippen LogP contribution in [-0.4, -0.2) is 31.9 Å². The van der Waals surface area contributed by atoms with Crippen LogP contribution in [0.15, 0.2) is 47.4 Å². The highest BCUT2D eigenvalue weighted by Gasteiger charge is 2.23. The maximum Gasteiger partial charge on any atom is 0.340 e. The molecule has 2 amide bonds. The highest BCUT2D eigenvalue weighted by Crippen LogP contribution is 2.28. The fourth-order valence-corrected chi connectivity index (χ4v) is 4.61. The fraction of sp³-hybridized carbons (Fsp3) is 0.381. The molecule has 0 saturated carbocycles. The zero-order valence-electron chi connectivity index (χ0n) is 17.1. The largest absolute Gasteiger partial charge is 0.379 e. The van der Waals surface area contributed by atoms with E-state index in [1.807, 2.05) is 26.8 Å². The summed E-state index contributed by atoms with van der Waals surface area (Å²) < 4.78 is 30.8. The Balaban J connectivity index is 2.28. The zero-order chi connectivity index (χ0) is 21.6. The number of amides is 2. The summed E-state index contributed by atoms with van der Waals surface area (Å²) in [6, 6.07) is 11.4. The van der Waals surface area contributed by atoms with Gasteiger partial charge in [0, 0.05) is 19.1 Å². The summed E-state index contributed by atoms with van der Waals surface area (Å²) in [5, 5.41) is 2.92. The second-order valence-corrected chi connectivity index (χ2v) is 8.68. The van der Waals surface area contributed by atoms with Crippen molar-refractivity contribution in [2.45, 2.75) is 51.6 Å². The van der Waals surface area contributed by atoms with E-state index in [4.69, 9.17) is 15.8 Å². The van der Waals surface area contributed by atoms with Crippen LogP contribution in [0.1, 0.15) is 38.3 Å². The molecule has 0 heterocycles. The number of hydrogen-bond acceptors (Lipinski definition) is 4. The maximum atomic E-state index is 12.7. The lowest BCUT2D eigenvalue weighted by Gasteiger charge is -2.28. The van der Waals surface area contributed by atoms with Gasteiger partial charge in [-0.25, -0.2) is 4.79 Å².